The fourth-order valence-corrected chi connectivity index (χ4v) is 8.31. The summed E-state index contributed by atoms with van der Waals surface area (Å²) >= 11 is 6.96. The van der Waals surface area contributed by atoms with Gasteiger partial charge in [0, 0.05) is 55.3 Å². The molecule has 7 nitrogen and oxygen atoms in total. The van der Waals surface area contributed by atoms with E-state index in [4.69, 9.17) is 25.8 Å². The summed E-state index contributed by atoms with van der Waals surface area (Å²) in [5.74, 6) is 2.53. The number of carbonyl (C=O) groups excluding carboxylic acids is 1. The maximum atomic E-state index is 11.8. The summed E-state index contributed by atoms with van der Waals surface area (Å²) in [5.41, 5.74) is 7.51. The second-order valence-electron chi connectivity index (χ2n) is 15.2. The standard InChI is InChI=1S/C42H56ClN3O4/c1-7-48-39-25-40(36(43)24-30(39)26-45(28(2)3)27-31-16-19-41(47)44-31)50-38-18-17-34-33(13-8-14-35(34)38)32-12-9-15-37(29(32)4)49-23-11-22-46-21-10-20-42(46,5)6/h8-9,12-15,24-25,28,31,38H,7,10-11,16-23,26-27H2,1-6H3,(H,44,47)/t31-,38-/m0/s1. The van der Waals surface area contributed by atoms with Crippen LogP contribution in [0.15, 0.2) is 48.5 Å². The Morgan fingerprint density at radius 2 is 1.82 bits per heavy atom. The van der Waals surface area contributed by atoms with E-state index in [-0.39, 0.29) is 18.1 Å². The van der Waals surface area contributed by atoms with Crippen molar-refractivity contribution in [2.45, 2.75) is 117 Å². The quantitative estimate of drug-likeness (QED) is 0.160. The third kappa shape index (κ3) is 8.27. The molecule has 2 saturated heterocycles. The zero-order valence-corrected chi connectivity index (χ0v) is 31.7. The van der Waals surface area contributed by atoms with Crippen molar-refractivity contribution >= 4 is 17.5 Å². The van der Waals surface area contributed by atoms with E-state index >= 15 is 0 Å². The molecule has 8 heteroatoms. The zero-order valence-electron chi connectivity index (χ0n) is 30.9. The predicted octanol–water partition coefficient (Wildman–Crippen LogP) is 8.91. The summed E-state index contributed by atoms with van der Waals surface area (Å²) < 4.78 is 19.2. The molecule has 270 valence electrons. The van der Waals surface area contributed by atoms with Gasteiger partial charge in [0.25, 0.3) is 0 Å². The number of ether oxygens (including phenoxy) is 3. The Morgan fingerprint density at radius 3 is 2.54 bits per heavy atom. The molecular weight excluding hydrogens is 646 g/mol. The first-order chi connectivity index (χ1) is 24.0. The van der Waals surface area contributed by atoms with E-state index in [1.807, 2.05) is 19.1 Å². The molecule has 1 amide bonds. The lowest BCUT2D eigenvalue weighted by Crippen LogP contribution is -2.41. The number of nitrogens with one attached hydrogen (secondary N) is 1. The number of rotatable bonds is 15. The Balaban J connectivity index is 1.16. The molecule has 1 aliphatic carbocycles. The molecule has 2 heterocycles. The predicted molar refractivity (Wildman–Crippen MR) is 203 cm³/mol. The molecule has 3 aromatic carbocycles. The average molecular weight is 702 g/mol. The first-order valence-electron chi connectivity index (χ1n) is 18.8. The van der Waals surface area contributed by atoms with Gasteiger partial charge in [-0.05, 0) is 127 Å². The largest absolute Gasteiger partial charge is 0.493 e. The van der Waals surface area contributed by atoms with Crippen LogP contribution in [0.1, 0.15) is 102 Å². The van der Waals surface area contributed by atoms with E-state index < -0.39 is 0 Å². The Morgan fingerprint density at radius 1 is 1.02 bits per heavy atom. The van der Waals surface area contributed by atoms with Crippen LogP contribution >= 0.6 is 11.6 Å². The average Bonchev–Trinajstić information content (AvgIpc) is 3.79. The van der Waals surface area contributed by atoms with Crippen molar-refractivity contribution in [3.63, 3.8) is 0 Å². The number of nitrogens with zero attached hydrogens (tertiary/aromatic N) is 2. The molecule has 0 unspecified atom stereocenters. The molecule has 0 radical (unpaired) electrons. The second-order valence-corrected chi connectivity index (χ2v) is 15.6. The van der Waals surface area contributed by atoms with Crippen molar-refractivity contribution in [1.29, 1.82) is 0 Å². The number of amides is 1. The van der Waals surface area contributed by atoms with Crippen LogP contribution in [0.2, 0.25) is 5.02 Å². The Hall–Kier alpha value is -3.26. The van der Waals surface area contributed by atoms with Crippen molar-refractivity contribution in [2.75, 3.05) is 32.8 Å². The van der Waals surface area contributed by atoms with Gasteiger partial charge in [0.05, 0.1) is 18.2 Å². The van der Waals surface area contributed by atoms with Gasteiger partial charge in [-0.3, -0.25) is 14.6 Å². The highest BCUT2D eigenvalue weighted by Gasteiger charge is 2.32. The van der Waals surface area contributed by atoms with Crippen LogP contribution in [-0.4, -0.2) is 66.2 Å². The van der Waals surface area contributed by atoms with Crippen LogP contribution in [0, 0.1) is 6.92 Å². The first kappa shape index (κ1) is 36.5. The minimum atomic E-state index is -0.101. The lowest BCUT2D eigenvalue weighted by Gasteiger charge is -2.31. The third-order valence-corrected chi connectivity index (χ3v) is 11.3. The van der Waals surface area contributed by atoms with E-state index in [1.165, 1.54) is 47.2 Å². The van der Waals surface area contributed by atoms with Crippen molar-refractivity contribution in [3.05, 3.63) is 75.8 Å². The van der Waals surface area contributed by atoms with Gasteiger partial charge in [0.1, 0.15) is 23.4 Å². The summed E-state index contributed by atoms with van der Waals surface area (Å²) in [6.07, 6.45) is 6.77. The summed E-state index contributed by atoms with van der Waals surface area (Å²) in [4.78, 5) is 16.8. The van der Waals surface area contributed by atoms with E-state index in [0.717, 1.165) is 62.4 Å². The molecule has 2 aliphatic heterocycles. The topological polar surface area (TPSA) is 63.3 Å². The number of hydrogen-bond donors (Lipinski definition) is 1. The smallest absolute Gasteiger partial charge is 0.220 e. The molecule has 2 fully saturated rings. The highest BCUT2D eigenvalue weighted by molar-refractivity contribution is 6.32. The van der Waals surface area contributed by atoms with Gasteiger partial charge < -0.3 is 19.5 Å². The number of carbonyl (C=O) groups is 1. The number of fused-ring (bicyclic) bond motifs is 1. The summed E-state index contributed by atoms with van der Waals surface area (Å²) in [6.45, 7) is 18.3. The van der Waals surface area contributed by atoms with Crippen molar-refractivity contribution < 1.29 is 19.0 Å². The lowest BCUT2D eigenvalue weighted by molar-refractivity contribution is -0.119. The Bertz CT molecular complexity index is 1660. The number of halogens is 1. The van der Waals surface area contributed by atoms with Gasteiger partial charge in [-0.1, -0.05) is 41.9 Å². The minimum Gasteiger partial charge on any atom is -0.493 e. The summed E-state index contributed by atoms with van der Waals surface area (Å²) in [5, 5.41) is 3.69. The van der Waals surface area contributed by atoms with E-state index in [0.29, 0.717) is 41.9 Å². The van der Waals surface area contributed by atoms with Gasteiger partial charge in [-0.15, -0.1) is 0 Å². The van der Waals surface area contributed by atoms with Gasteiger partial charge >= 0.3 is 0 Å². The highest BCUT2D eigenvalue weighted by Crippen LogP contribution is 2.44. The molecule has 3 aromatic rings. The van der Waals surface area contributed by atoms with Crippen molar-refractivity contribution in [1.82, 2.24) is 15.1 Å². The van der Waals surface area contributed by atoms with E-state index in [1.54, 1.807) is 0 Å². The molecule has 0 aromatic heterocycles. The molecule has 6 rings (SSSR count). The lowest BCUT2D eigenvalue weighted by atomic mass is 9.93. The fraction of sp³-hybridized carbons (Fsp3) is 0.548. The van der Waals surface area contributed by atoms with Gasteiger partial charge in [0.15, 0.2) is 0 Å². The van der Waals surface area contributed by atoms with Crippen molar-refractivity contribution in [2.24, 2.45) is 0 Å². The number of likely N-dealkylation sites (tertiary alicyclic amines) is 1. The molecular formula is C42H56ClN3O4. The molecule has 0 saturated carbocycles. The summed E-state index contributed by atoms with van der Waals surface area (Å²) in [6, 6.07) is 17.4. The Kier molecular flexibility index (Phi) is 11.7. The van der Waals surface area contributed by atoms with Crippen LogP contribution in [0.3, 0.4) is 0 Å². The number of benzene rings is 3. The van der Waals surface area contributed by atoms with E-state index in [2.05, 4.69) is 86.1 Å². The van der Waals surface area contributed by atoms with Gasteiger partial charge in [-0.2, -0.15) is 0 Å². The van der Waals surface area contributed by atoms with Gasteiger partial charge in [0.2, 0.25) is 5.91 Å². The van der Waals surface area contributed by atoms with Crippen LogP contribution in [-0.2, 0) is 17.8 Å². The van der Waals surface area contributed by atoms with Gasteiger partial charge in [-0.25, -0.2) is 0 Å². The molecule has 1 N–H and O–H groups in total. The molecule has 0 bridgehead atoms. The Labute approximate surface area is 304 Å². The van der Waals surface area contributed by atoms with Crippen LogP contribution < -0.4 is 19.5 Å². The zero-order chi connectivity index (χ0) is 35.4. The maximum Gasteiger partial charge on any atom is 0.220 e. The second kappa shape index (κ2) is 16.0. The normalized spacial score (nSPS) is 20.1. The third-order valence-electron chi connectivity index (χ3n) is 11.0. The van der Waals surface area contributed by atoms with Crippen molar-refractivity contribution in [3.8, 4) is 28.4 Å². The summed E-state index contributed by atoms with van der Waals surface area (Å²) in [7, 11) is 0. The van der Waals surface area contributed by atoms with Crippen LogP contribution in [0.5, 0.6) is 17.2 Å². The van der Waals surface area contributed by atoms with Crippen LogP contribution in [0.25, 0.3) is 11.1 Å². The minimum absolute atomic E-state index is 0.101. The molecule has 2 atom stereocenters. The first-order valence-corrected chi connectivity index (χ1v) is 19.2. The molecule has 0 spiro atoms. The highest BCUT2D eigenvalue weighted by atomic mass is 35.5. The monoisotopic (exact) mass is 701 g/mol. The van der Waals surface area contributed by atoms with Crippen LogP contribution in [0.4, 0.5) is 0 Å². The molecule has 50 heavy (non-hydrogen) atoms. The maximum absolute atomic E-state index is 11.8. The fourth-order valence-electron chi connectivity index (χ4n) is 8.08. The molecule has 3 aliphatic rings. The van der Waals surface area contributed by atoms with E-state index in [9.17, 15) is 4.79 Å². The SMILES string of the molecule is CCOc1cc(O[C@H]2CCc3c(-c4cccc(OCCCN5CCCC5(C)C)c4C)cccc32)c(Cl)cc1CN(C[C@@H]1CCC(=O)N1)C(C)C. The number of hydrogen-bond acceptors (Lipinski definition) is 6.